The molecule has 31 heavy (non-hydrogen) atoms. The summed E-state index contributed by atoms with van der Waals surface area (Å²) in [6, 6.07) is 7.99. The molecule has 0 bridgehead atoms. The van der Waals surface area contributed by atoms with E-state index in [4.69, 9.17) is 4.74 Å². The fourth-order valence-electron chi connectivity index (χ4n) is 4.38. The van der Waals surface area contributed by atoms with Gasteiger partial charge in [0, 0.05) is 16.5 Å². The van der Waals surface area contributed by atoms with Crippen molar-refractivity contribution in [3.63, 3.8) is 0 Å². The Morgan fingerprint density at radius 3 is 2.58 bits per heavy atom. The predicted octanol–water partition coefficient (Wildman–Crippen LogP) is 4.59. The van der Waals surface area contributed by atoms with Gasteiger partial charge in [0.1, 0.15) is 22.9 Å². The van der Waals surface area contributed by atoms with E-state index in [0.717, 1.165) is 47.4 Å². The molecule has 1 aromatic carbocycles. The highest BCUT2D eigenvalue weighted by Gasteiger charge is 2.21. The van der Waals surface area contributed by atoms with Crippen LogP contribution in [0, 0.1) is 13.8 Å². The van der Waals surface area contributed by atoms with Gasteiger partial charge in [-0.15, -0.1) is 11.3 Å². The van der Waals surface area contributed by atoms with Gasteiger partial charge in [-0.25, -0.2) is 4.98 Å². The van der Waals surface area contributed by atoms with Gasteiger partial charge in [-0.3, -0.25) is 14.2 Å². The molecule has 6 nitrogen and oxygen atoms in total. The van der Waals surface area contributed by atoms with Crippen molar-refractivity contribution in [2.75, 3.05) is 6.61 Å². The summed E-state index contributed by atoms with van der Waals surface area (Å²) in [5, 5.41) is 3.69. The molecule has 0 spiro atoms. The average Bonchev–Trinajstić information content (AvgIpc) is 3.08. The minimum Gasteiger partial charge on any atom is -0.494 e. The minimum atomic E-state index is -0.158. The molecule has 2 heterocycles. The summed E-state index contributed by atoms with van der Waals surface area (Å²) in [7, 11) is 0. The van der Waals surface area contributed by atoms with Gasteiger partial charge in [0.05, 0.1) is 12.0 Å². The van der Waals surface area contributed by atoms with Crippen molar-refractivity contribution in [3.8, 4) is 16.9 Å². The summed E-state index contributed by atoms with van der Waals surface area (Å²) in [6.45, 7) is 6.36. The lowest BCUT2D eigenvalue weighted by Crippen LogP contribution is -2.40. The number of hydrogen-bond acceptors (Lipinski definition) is 5. The minimum absolute atomic E-state index is 0.00171. The number of aromatic nitrogens is 2. The monoisotopic (exact) mass is 439 g/mol. The van der Waals surface area contributed by atoms with Crippen molar-refractivity contribution in [2.45, 2.75) is 65.5 Å². The van der Waals surface area contributed by atoms with Gasteiger partial charge in [-0.05, 0) is 51.3 Å². The van der Waals surface area contributed by atoms with E-state index in [-0.39, 0.29) is 24.1 Å². The van der Waals surface area contributed by atoms with E-state index in [0.29, 0.717) is 22.6 Å². The number of thiophene rings is 1. The smallest absolute Gasteiger partial charge is 0.263 e. The lowest BCUT2D eigenvalue weighted by Gasteiger charge is -2.23. The number of ether oxygens (including phenoxy) is 1. The van der Waals surface area contributed by atoms with E-state index >= 15 is 0 Å². The summed E-state index contributed by atoms with van der Waals surface area (Å²) in [6.07, 6.45) is 5.57. The highest BCUT2D eigenvalue weighted by atomic mass is 32.1. The third-order valence-corrected chi connectivity index (χ3v) is 6.90. The number of rotatable bonds is 6. The van der Waals surface area contributed by atoms with Crippen molar-refractivity contribution in [1.82, 2.24) is 14.9 Å². The molecule has 3 aromatic rings. The van der Waals surface area contributed by atoms with Gasteiger partial charge < -0.3 is 10.1 Å². The first-order chi connectivity index (χ1) is 15.0. The summed E-state index contributed by atoms with van der Waals surface area (Å²) in [4.78, 5) is 32.6. The Balaban J connectivity index is 1.68. The molecule has 0 unspecified atom stereocenters. The number of hydrogen-bond donors (Lipinski definition) is 1. The van der Waals surface area contributed by atoms with E-state index in [1.54, 1.807) is 6.92 Å². The summed E-state index contributed by atoms with van der Waals surface area (Å²) >= 11 is 1.52. The molecule has 1 N–H and O–H groups in total. The molecule has 0 radical (unpaired) electrons. The third kappa shape index (κ3) is 4.51. The van der Waals surface area contributed by atoms with Crippen LogP contribution in [0.15, 0.2) is 29.1 Å². The Labute approximate surface area is 186 Å². The molecule has 0 saturated heterocycles. The predicted molar refractivity (Wildman–Crippen MR) is 125 cm³/mol. The zero-order valence-corrected chi connectivity index (χ0v) is 19.2. The van der Waals surface area contributed by atoms with E-state index in [9.17, 15) is 9.59 Å². The Bertz CT molecular complexity index is 1140. The summed E-state index contributed by atoms with van der Waals surface area (Å²) in [5.41, 5.74) is 1.68. The number of fused-ring (bicyclic) bond motifs is 1. The van der Waals surface area contributed by atoms with Gasteiger partial charge in [0.2, 0.25) is 5.91 Å². The van der Waals surface area contributed by atoms with Gasteiger partial charge in [0.15, 0.2) is 0 Å². The SMILES string of the molecule is CCOc1ccc(-c2c(C)sc3nc(C)n(CC(=O)NC4CCCCC4)c(=O)c23)cc1. The Morgan fingerprint density at radius 1 is 1.19 bits per heavy atom. The number of aryl methyl sites for hydroxylation is 2. The van der Waals surface area contributed by atoms with Gasteiger partial charge in [0.25, 0.3) is 5.56 Å². The van der Waals surface area contributed by atoms with Crippen LogP contribution in [-0.2, 0) is 11.3 Å². The standard InChI is InChI=1S/C24H29N3O3S/c1-4-30-19-12-10-17(11-13-19)21-15(2)31-23-22(21)24(29)27(16(3)25-23)14-20(28)26-18-8-6-5-7-9-18/h10-13,18H,4-9,14H2,1-3H3,(H,26,28). The maximum Gasteiger partial charge on any atom is 0.263 e. The molecule has 1 aliphatic rings. The van der Waals surface area contributed by atoms with Crippen molar-refractivity contribution >= 4 is 27.5 Å². The van der Waals surface area contributed by atoms with Crippen LogP contribution in [0.2, 0.25) is 0 Å². The molecule has 0 atom stereocenters. The molecule has 4 rings (SSSR count). The first-order valence-electron chi connectivity index (χ1n) is 11.0. The first kappa shape index (κ1) is 21.6. The number of nitrogens with zero attached hydrogens (tertiary/aromatic N) is 2. The molecule has 0 aliphatic heterocycles. The largest absolute Gasteiger partial charge is 0.494 e. The zero-order valence-electron chi connectivity index (χ0n) is 18.4. The van der Waals surface area contributed by atoms with Crippen LogP contribution >= 0.6 is 11.3 Å². The van der Waals surface area contributed by atoms with E-state index < -0.39 is 0 Å². The molecule has 1 amide bonds. The maximum absolute atomic E-state index is 13.5. The van der Waals surface area contributed by atoms with E-state index in [2.05, 4.69) is 10.3 Å². The quantitative estimate of drug-likeness (QED) is 0.610. The molecular weight excluding hydrogens is 410 g/mol. The van der Waals surface area contributed by atoms with E-state index in [1.165, 1.54) is 22.3 Å². The molecule has 2 aromatic heterocycles. The van der Waals surface area contributed by atoms with Crippen LogP contribution in [0.1, 0.15) is 49.7 Å². The van der Waals surface area contributed by atoms with Crippen molar-refractivity contribution < 1.29 is 9.53 Å². The molecule has 164 valence electrons. The lowest BCUT2D eigenvalue weighted by atomic mass is 9.95. The van der Waals surface area contributed by atoms with Crippen LogP contribution in [-0.4, -0.2) is 28.1 Å². The average molecular weight is 440 g/mol. The first-order valence-corrected chi connectivity index (χ1v) is 11.8. The summed E-state index contributed by atoms with van der Waals surface area (Å²) in [5.74, 6) is 1.25. The molecule has 7 heteroatoms. The number of carbonyl (C=O) groups is 1. The lowest BCUT2D eigenvalue weighted by molar-refractivity contribution is -0.122. The zero-order chi connectivity index (χ0) is 22.0. The van der Waals surface area contributed by atoms with Gasteiger partial charge in [-0.2, -0.15) is 0 Å². The maximum atomic E-state index is 13.5. The number of benzene rings is 1. The number of amides is 1. The fraction of sp³-hybridized carbons (Fsp3) is 0.458. The highest BCUT2D eigenvalue weighted by Crippen LogP contribution is 2.36. The van der Waals surface area contributed by atoms with Gasteiger partial charge in [-0.1, -0.05) is 31.4 Å². The Hall–Kier alpha value is -2.67. The topological polar surface area (TPSA) is 73.2 Å². The van der Waals surface area contributed by atoms with Gasteiger partial charge >= 0.3 is 0 Å². The van der Waals surface area contributed by atoms with Crippen molar-refractivity contribution in [1.29, 1.82) is 0 Å². The van der Waals surface area contributed by atoms with Crippen LogP contribution < -0.4 is 15.6 Å². The van der Waals surface area contributed by atoms with Crippen LogP contribution in [0.4, 0.5) is 0 Å². The van der Waals surface area contributed by atoms with E-state index in [1.807, 2.05) is 38.1 Å². The molecule has 1 aliphatic carbocycles. The Kier molecular flexibility index (Phi) is 6.41. The molecular formula is C24H29N3O3S. The summed E-state index contributed by atoms with van der Waals surface area (Å²) < 4.78 is 7.05. The third-order valence-electron chi connectivity index (χ3n) is 5.90. The molecule has 1 saturated carbocycles. The second-order valence-corrected chi connectivity index (χ2v) is 9.33. The van der Waals surface area contributed by atoms with Crippen LogP contribution in [0.3, 0.4) is 0 Å². The fourth-order valence-corrected chi connectivity index (χ4v) is 5.46. The molecule has 1 fully saturated rings. The van der Waals surface area contributed by atoms with Crippen molar-refractivity contribution in [2.24, 2.45) is 0 Å². The Morgan fingerprint density at radius 2 is 1.90 bits per heavy atom. The van der Waals surface area contributed by atoms with Crippen molar-refractivity contribution in [3.05, 3.63) is 45.3 Å². The highest BCUT2D eigenvalue weighted by molar-refractivity contribution is 7.19. The van der Waals surface area contributed by atoms with Crippen LogP contribution in [0.25, 0.3) is 21.3 Å². The second-order valence-electron chi connectivity index (χ2n) is 8.12. The number of carbonyl (C=O) groups excluding carboxylic acids is 1. The van der Waals surface area contributed by atoms with Crippen LogP contribution in [0.5, 0.6) is 5.75 Å². The second kappa shape index (κ2) is 9.22. The number of nitrogens with one attached hydrogen (secondary N) is 1. The normalized spacial score (nSPS) is 14.7.